The Balaban J connectivity index is 1.79. The fourth-order valence-corrected chi connectivity index (χ4v) is 4.25. The van der Waals surface area contributed by atoms with Crippen LogP contribution in [0.5, 0.6) is 0 Å². The molecule has 1 aliphatic rings. The maximum atomic E-state index is 11.3. The van der Waals surface area contributed by atoms with E-state index in [1.54, 1.807) is 18.3 Å². The SMILES string of the molecule is CCCCN1C(=S)N[C@H](c2ccccn2)[C@@H]1c1cccn1-c1cccc([N+](=O)[O-])c1. The minimum atomic E-state index is -0.372. The Morgan fingerprint density at radius 2 is 2.07 bits per heavy atom. The highest BCUT2D eigenvalue weighted by molar-refractivity contribution is 7.80. The van der Waals surface area contributed by atoms with Gasteiger partial charge in [0.05, 0.1) is 28.4 Å². The van der Waals surface area contributed by atoms with Crippen LogP contribution in [0, 0.1) is 10.1 Å². The fraction of sp³-hybridized carbons (Fsp3) is 0.273. The lowest BCUT2D eigenvalue weighted by Gasteiger charge is -2.28. The first-order valence-electron chi connectivity index (χ1n) is 10.00. The van der Waals surface area contributed by atoms with Crippen molar-refractivity contribution < 1.29 is 4.92 Å². The summed E-state index contributed by atoms with van der Waals surface area (Å²) < 4.78 is 2.00. The summed E-state index contributed by atoms with van der Waals surface area (Å²) in [6.07, 6.45) is 5.80. The van der Waals surface area contributed by atoms with Crippen molar-refractivity contribution in [3.63, 3.8) is 0 Å². The standard InChI is InChI=1S/C22H23N5O2S/c1-2-3-13-26-21(20(24-22(26)30)18-10-4-5-12-23-18)19-11-7-14-25(19)16-8-6-9-17(15-16)27(28)29/h4-12,14-15,20-21H,2-3,13H2,1H3,(H,24,30)/t20-,21+/m1/s1. The van der Waals surface area contributed by atoms with Crippen LogP contribution in [0.2, 0.25) is 0 Å². The number of hydrogen-bond acceptors (Lipinski definition) is 4. The summed E-state index contributed by atoms with van der Waals surface area (Å²) in [6.45, 7) is 2.99. The third-order valence-corrected chi connectivity index (χ3v) is 5.70. The number of aromatic nitrogens is 2. The Morgan fingerprint density at radius 3 is 2.80 bits per heavy atom. The van der Waals surface area contributed by atoms with Gasteiger partial charge in [0.25, 0.3) is 5.69 Å². The number of pyridine rings is 1. The van der Waals surface area contributed by atoms with Crippen LogP contribution >= 0.6 is 12.2 Å². The molecule has 2 atom stereocenters. The lowest BCUT2D eigenvalue weighted by molar-refractivity contribution is -0.384. The molecule has 0 radical (unpaired) electrons. The number of non-ortho nitro benzene ring substituents is 1. The summed E-state index contributed by atoms with van der Waals surface area (Å²) in [7, 11) is 0. The summed E-state index contributed by atoms with van der Waals surface area (Å²) in [5.41, 5.74) is 2.74. The van der Waals surface area contributed by atoms with Crippen LogP contribution < -0.4 is 5.32 Å². The van der Waals surface area contributed by atoms with Gasteiger partial charge in [-0.15, -0.1) is 0 Å². The quantitative estimate of drug-likeness (QED) is 0.343. The second-order valence-electron chi connectivity index (χ2n) is 7.25. The van der Waals surface area contributed by atoms with E-state index in [0.29, 0.717) is 5.11 Å². The number of nitrogens with zero attached hydrogens (tertiary/aromatic N) is 4. The summed E-state index contributed by atoms with van der Waals surface area (Å²) in [4.78, 5) is 17.7. The van der Waals surface area contributed by atoms with Crippen LogP contribution in [-0.4, -0.2) is 31.0 Å². The molecule has 1 aromatic carbocycles. The molecule has 3 aromatic rings. The van der Waals surface area contributed by atoms with Crippen molar-refractivity contribution >= 4 is 23.0 Å². The normalized spacial score (nSPS) is 18.4. The van der Waals surface area contributed by atoms with E-state index in [4.69, 9.17) is 12.2 Å². The van der Waals surface area contributed by atoms with Gasteiger partial charge in [-0.2, -0.15) is 0 Å². The second kappa shape index (κ2) is 8.62. The molecular weight excluding hydrogens is 398 g/mol. The molecule has 0 bridgehead atoms. The molecule has 8 heteroatoms. The third kappa shape index (κ3) is 3.78. The van der Waals surface area contributed by atoms with Gasteiger partial charge in [-0.1, -0.05) is 25.5 Å². The van der Waals surface area contributed by atoms with Crippen LogP contribution in [0.1, 0.15) is 43.2 Å². The fourth-order valence-electron chi connectivity index (χ4n) is 3.92. The molecule has 0 amide bonds. The summed E-state index contributed by atoms with van der Waals surface area (Å²) >= 11 is 5.69. The molecular formula is C22H23N5O2S. The molecule has 0 unspecified atom stereocenters. The van der Waals surface area contributed by atoms with Gasteiger partial charge in [0.2, 0.25) is 0 Å². The number of nitro benzene ring substituents is 1. The maximum absolute atomic E-state index is 11.3. The van der Waals surface area contributed by atoms with E-state index < -0.39 is 0 Å². The van der Waals surface area contributed by atoms with Crippen molar-refractivity contribution in [1.29, 1.82) is 0 Å². The van der Waals surface area contributed by atoms with E-state index in [1.165, 1.54) is 6.07 Å². The molecule has 1 fully saturated rings. The first-order chi connectivity index (χ1) is 14.6. The topological polar surface area (TPSA) is 76.2 Å². The van der Waals surface area contributed by atoms with Crippen molar-refractivity contribution in [2.45, 2.75) is 31.8 Å². The number of nitrogens with one attached hydrogen (secondary N) is 1. The minimum Gasteiger partial charge on any atom is -0.352 e. The maximum Gasteiger partial charge on any atom is 0.271 e. The smallest absolute Gasteiger partial charge is 0.271 e. The largest absolute Gasteiger partial charge is 0.352 e. The first kappa shape index (κ1) is 20.0. The van der Waals surface area contributed by atoms with Gasteiger partial charge in [0.15, 0.2) is 5.11 Å². The molecule has 0 saturated carbocycles. The highest BCUT2D eigenvalue weighted by Crippen LogP contribution is 2.39. The molecule has 3 heterocycles. The second-order valence-corrected chi connectivity index (χ2v) is 7.64. The monoisotopic (exact) mass is 421 g/mol. The summed E-state index contributed by atoms with van der Waals surface area (Å²) in [5, 5.41) is 15.4. The van der Waals surface area contributed by atoms with Crippen molar-refractivity contribution in [3.8, 4) is 5.69 Å². The minimum absolute atomic E-state index is 0.0660. The van der Waals surface area contributed by atoms with Crippen molar-refractivity contribution in [2.24, 2.45) is 0 Å². The van der Waals surface area contributed by atoms with Gasteiger partial charge in [-0.05, 0) is 49.0 Å². The molecule has 30 heavy (non-hydrogen) atoms. The number of rotatable bonds is 7. The highest BCUT2D eigenvalue weighted by Gasteiger charge is 2.40. The molecule has 154 valence electrons. The van der Waals surface area contributed by atoms with Gasteiger partial charge in [-0.25, -0.2) is 0 Å². The lowest BCUT2D eigenvalue weighted by atomic mass is 10.0. The Bertz CT molecular complexity index is 1050. The number of hydrogen-bond donors (Lipinski definition) is 1. The molecule has 0 aliphatic carbocycles. The van der Waals surface area contributed by atoms with E-state index in [1.807, 2.05) is 47.2 Å². The molecule has 0 spiro atoms. The van der Waals surface area contributed by atoms with Crippen LogP contribution in [0.25, 0.3) is 5.69 Å². The van der Waals surface area contributed by atoms with E-state index >= 15 is 0 Å². The van der Waals surface area contributed by atoms with Crippen molar-refractivity contribution in [1.82, 2.24) is 19.8 Å². The number of thiocarbonyl (C=S) groups is 1. The third-order valence-electron chi connectivity index (χ3n) is 5.35. The molecule has 2 aromatic heterocycles. The highest BCUT2D eigenvalue weighted by atomic mass is 32.1. The average Bonchev–Trinajstić information content (AvgIpc) is 3.37. The van der Waals surface area contributed by atoms with Gasteiger partial charge in [-0.3, -0.25) is 15.1 Å². The summed E-state index contributed by atoms with van der Waals surface area (Å²) in [5.74, 6) is 0. The number of nitro groups is 1. The van der Waals surface area contributed by atoms with Crippen LogP contribution in [0.15, 0.2) is 67.0 Å². The van der Waals surface area contributed by atoms with E-state index in [-0.39, 0.29) is 22.7 Å². The molecule has 7 nitrogen and oxygen atoms in total. The van der Waals surface area contributed by atoms with Crippen LogP contribution in [0.4, 0.5) is 5.69 Å². The zero-order valence-corrected chi connectivity index (χ0v) is 17.5. The van der Waals surface area contributed by atoms with E-state index in [9.17, 15) is 10.1 Å². The Hall–Kier alpha value is -3.26. The molecule has 4 rings (SSSR count). The average molecular weight is 422 g/mol. The molecule has 1 saturated heterocycles. The van der Waals surface area contributed by atoms with E-state index in [0.717, 1.165) is 36.5 Å². The Kier molecular flexibility index (Phi) is 5.76. The number of benzene rings is 1. The Labute approximate surface area is 180 Å². The van der Waals surface area contributed by atoms with Gasteiger partial charge in [0.1, 0.15) is 0 Å². The van der Waals surface area contributed by atoms with E-state index in [2.05, 4.69) is 22.1 Å². The van der Waals surface area contributed by atoms with Gasteiger partial charge < -0.3 is 14.8 Å². The first-order valence-corrected chi connectivity index (χ1v) is 10.4. The van der Waals surface area contributed by atoms with Crippen LogP contribution in [-0.2, 0) is 0 Å². The number of unbranched alkanes of at least 4 members (excludes halogenated alkanes) is 1. The Morgan fingerprint density at radius 1 is 1.20 bits per heavy atom. The zero-order chi connectivity index (χ0) is 21.1. The molecule has 1 N–H and O–H groups in total. The lowest BCUT2D eigenvalue weighted by Crippen LogP contribution is -2.31. The van der Waals surface area contributed by atoms with Gasteiger partial charge in [0, 0.05) is 36.8 Å². The van der Waals surface area contributed by atoms with Crippen molar-refractivity contribution in [2.75, 3.05) is 6.54 Å². The summed E-state index contributed by atoms with van der Waals surface area (Å²) in [6, 6.07) is 16.4. The predicted molar refractivity (Wildman–Crippen MR) is 119 cm³/mol. The predicted octanol–water partition coefficient (Wildman–Crippen LogP) is 4.55. The van der Waals surface area contributed by atoms with Crippen LogP contribution in [0.3, 0.4) is 0 Å². The van der Waals surface area contributed by atoms with Gasteiger partial charge >= 0.3 is 0 Å². The van der Waals surface area contributed by atoms with Crippen molar-refractivity contribution in [3.05, 3.63) is 88.5 Å². The molecule has 1 aliphatic heterocycles. The zero-order valence-electron chi connectivity index (χ0n) is 16.6.